The maximum absolute atomic E-state index is 13.4. The molecule has 3 rings (SSSR count). The zero-order valence-electron chi connectivity index (χ0n) is 17.9. The van der Waals surface area contributed by atoms with Crippen LogP contribution in [0.2, 0.25) is 0 Å². The number of furan rings is 1. The lowest BCUT2D eigenvalue weighted by atomic mass is 10.0. The van der Waals surface area contributed by atoms with Crippen molar-refractivity contribution in [2.45, 2.75) is 52.2 Å². The Morgan fingerprint density at radius 3 is 2.48 bits per heavy atom. The van der Waals surface area contributed by atoms with Gasteiger partial charge in [-0.3, -0.25) is 9.59 Å². The molecule has 1 N–H and O–H groups in total. The molecule has 0 aliphatic heterocycles. The number of hydrogen-bond acceptors (Lipinski definition) is 6. The van der Waals surface area contributed by atoms with Crippen LogP contribution in [0.3, 0.4) is 0 Å². The van der Waals surface area contributed by atoms with Crippen molar-refractivity contribution in [3.63, 3.8) is 0 Å². The van der Waals surface area contributed by atoms with Crippen molar-refractivity contribution in [2.75, 3.05) is 0 Å². The van der Waals surface area contributed by atoms with E-state index >= 15 is 0 Å². The van der Waals surface area contributed by atoms with Crippen LogP contribution >= 0.6 is 11.5 Å². The van der Waals surface area contributed by atoms with E-state index in [9.17, 15) is 14.0 Å². The lowest BCUT2D eigenvalue weighted by Crippen LogP contribution is -2.50. The lowest BCUT2D eigenvalue weighted by molar-refractivity contribution is -0.128. The average Bonchev–Trinajstić information content (AvgIpc) is 3.40. The maximum Gasteiger partial charge on any atom is 0.276 e. The van der Waals surface area contributed by atoms with Crippen LogP contribution in [0.15, 0.2) is 46.2 Å². The second-order valence-corrected chi connectivity index (χ2v) is 8.54. The Morgan fingerprint density at radius 1 is 1.23 bits per heavy atom. The van der Waals surface area contributed by atoms with Crippen LogP contribution in [-0.4, -0.2) is 31.8 Å². The second-order valence-electron chi connectivity index (χ2n) is 7.93. The third-order valence-electron chi connectivity index (χ3n) is 5.04. The number of carbonyl (C=O) groups excluding carboxylic acids is 2. The molecule has 1 unspecified atom stereocenters. The van der Waals surface area contributed by atoms with Crippen molar-refractivity contribution in [3.05, 3.63) is 70.4 Å². The summed E-state index contributed by atoms with van der Waals surface area (Å²) in [7, 11) is 0. The Kier molecular flexibility index (Phi) is 6.84. The van der Waals surface area contributed by atoms with Gasteiger partial charge >= 0.3 is 0 Å². The predicted octanol–water partition coefficient (Wildman–Crippen LogP) is 4.27. The minimum Gasteiger partial charge on any atom is -0.464 e. The maximum atomic E-state index is 13.4. The van der Waals surface area contributed by atoms with E-state index in [1.54, 1.807) is 31.2 Å². The van der Waals surface area contributed by atoms with Gasteiger partial charge in [0.2, 0.25) is 0 Å². The summed E-state index contributed by atoms with van der Waals surface area (Å²) >= 11 is 1.05. The molecular formula is C22H25FN4O3S. The monoisotopic (exact) mass is 444 g/mol. The van der Waals surface area contributed by atoms with Crippen LogP contribution in [0, 0.1) is 12.7 Å². The van der Waals surface area contributed by atoms with E-state index in [-0.39, 0.29) is 24.0 Å². The molecule has 0 saturated carbocycles. The number of hydrogen-bond donors (Lipinski definition) is 1. The molecule has 0 fully saturated rings. The number of aromatic nitrogens is 2. The molecular weight excluding hydrogens is 419 g/mol. The summed E-state index contributed by atoms with van der Waals surface area (Å²) in [4.78, 5) is 28.2. The SMILES string of the molecule is CCC(C)(C)NC(=O)C(c1ccc(C)o1)N(Cc1ccc(F)cc1)C(=O)c1csnn1. The standard InChI is InChI=1S/C22H25FN4O3S/c1-5-22(3,4)24-20(28)19(18-11-6-14(2)30-18)27(21(29)17-13-31-26-25-17)12-15-7-9-16(23)10-8-15/h6-11,13,19H,5,12H2,1-4H3,(H,24,28). The van der Waals surface area contributed by atoms with Crippen LogP contribution in [0.1, 0.15) is 60.8 Å². The first-order valence-electron chi connectivity index (χ1n) is 9.91. The van der Waals surface area contributed by atoms with Gasteiger partial charge in [-0.15, -0.1) is 5.10 Å². The lowest BCUT2D eigenvalue weighted by Gasteiger charge is -2.33. The molecule has 0 aliphatic rings. The summed E-state index contributed by atoms with van der Waals surface area (Å²) in [5, 5.41) is 8.41. The minimum absolute atomic E-state index is 0.0566. The van der Waals surface area contributed by atoms with E-state index in [2.05, 4.69) is 14.9 Å². The summed E-state index contributed by atoms with van der Waals surface area (Å²) in [6.45, 7) is 7.61. The molecule has 7 nitrogen and oxygen atoms in total. The van der Waals surface area contributed by atoms with Crippen molar-refractivity contribution < 1.29 is 18.4 Å². The first kappa shape index (κ1) is 22.6. The minimum atomic E-state index is -1.04. The quantitative estimate of drug-likeness (QED) is 0.561. The zero-order valence-corrected chi connectivity index (χ0v) is 18.7. The van der Waals surface area contributed by atoms with Crippen LogP contribution in [0.25, 0.3) is 0 Å². The van der Waals surface area contributed by atoms with E-state index in [4.69, 9.17) is 4.42 Å². The molecule has 0 aliphatic carbocycles. The molecule has 9 heteroatoms. The van der Waals surface area contributed by atoms with Crippen molar-refractivity contribution >= 4 is 23.3 Å². The Bertz CT molecular complexity index is 1030. The van der Waals surface area contributed by atoms with Crippen LogP contribution in [0.4, 0.5) is 4.39 Å². The van der Waals surface area contributed by atoms with E-state index in [0.717, 1.165) is 11.5 Å². The highest BCUT2D eigenvalue weighted by molar-refractivity contribution is 7.03. The Balaban J connectivity index is 2.05. The smallest absolute Gasteiger partial charge is 0.276 e. The molecule has 3 aromatic rings. The average molecular weight is 445 g/mol. The fourth-order valence-electron chi connectivity index (χ4n) is 2.99. The number of nitrogens with zero attached hydrogens (tertiary/aromatic N) is 3. The van der Waals surface area contributed by atoms with Gasteiger partial charge in [0.1, 0.15) is 17.3 Å². The third-order valence-corrected chi connectivity index (χ3v) is 5.55. The van der Waals surface area contributed by atoms with Crippen molar-refractivity contribution in [1.29, 1.82) is 0 Å². The number of benzene rings is 1. The Morgan fingerprint density at radius 2 is 1.94 bits per heavy atom. The molecule has 1 aromatic carbocycles. The molecule has 31 heavy (non-hydrogen) atoms. The van der Waals surface area contributed by atoms with Gasteiger partial charge in [-0.25, -0.2) is 4.39 Å². The molecule has 164 valence electrons. The van der Waals surface area contributed by atoms with Crippen LogP contribution in [-0.2, 0) is 11.3 Å². The molecule has 0 radical (unpaired) electrons. The van der Waals surface area contributed by atoms with Crippen LogP contribution < -0.4 is 5.32 Å². The van der Waals surface area contributed by atoms with Crippen molar-refractivity contribution in [3.8, 4) is 0 Å². The normalized spacial score (nSPS) is 12.4. The van der Waals surface area contributed by atoms with Gasteiger partial charge in [0.25, 0.3) is 11.8 Å². The molecule has 2 aromatic heterocycles. The third kappa shape index (κ3) is 5.55. The Hall–Kier alpha value is -3.07. The van der Waals surface area contributed by atoms with Gasteiger partial charge in [-0.05, 0) is 68.6 Å². The van der Waals surface area contributed by atoms with Crippen molar-refractivity contribution in [1.82, 2.24) is 19.8 Å². The largest absolute Gasteiger partial charge is 0.464 e. The highest BCUT2D eigenvalue weighted by Gasteiger charge is 2.37. The summed E-state index contributed by atoms with van der Waals surface area (Å²) in [6, 6.07) is 8.16. The van der Waals surface area contributed by atoms with E-state index < -0.39 is 17.5 Å². The number of aryl methyl sites for hydroxylation is 1. The van der Waals surface area contributed by atoms with Gasteiger partial charge in [0.05, 0.1) is 0 Å². The first-order valence-corrected chi connectivity index (χ1v) is 10.7. The Labute approximate surface area is 184 Å². The number of nitrogens with one attached hydrogen (secondary N) is 1. The van der Waals surface area contributed by atoms with E-state index in [1.807, 2.05) is 20.8 Å². The molecule has 0 bridgehead atoms. The number of amides is 2. The number of halogens is 1. The molecule has 0 saturated heterocycles. The summed E-state index contributed by atoms with van der Waals surface area (Å²) < 4.78 is 22.9. The zero-order chi connectivity index (χ0) is 22.6. The molecule has 1 atom stereocenters. The highest BCUT2D eigenvalue weighted by atomic mass is 32.1. The van der Waals surface area contributed by atoms with Gasteiger partial charge in [-0.1, -0.05) is 23.5 Å². The fourth-order valence-corrected chi connectivity index (χ4v) is 3.42. The van der Waals surface area contributed by atoms with Gasteiger partial charge < -0.3 is 14.6 Å². The highest BCUT2D eigenvalue weighted by Crippen LogP contribution is 2.28. The fraction of sp³-hybridized carbons (Fsp3) is 0.364. The summed E-state index contributed by atoms with van der Waals surface area (Å²) in [5.74, 6) is -0.278. The molecule has 2 heterocycles. The van der Waals surface area contributed by atoms with E-state index in [0.29, 0.717) is 23.5 Å². The van der Waals surface area contributed by atoms with Crippen LogP contribution in [0.5, 0.6) is 0 Å². The van der Waals surface area contributed by atoms with Gasteiger partial charge in [-0.2, -0.15) is 0 Å². The molecule has 0 spiro atoms. The number of rotatable bonds is 8. The predicted molar refractivity (Wildman–Crippen MR) is 115 cm³/mol. The van der Waals surface area contributed by atoms with Gasteiger partial charge in [0, 0.05) is 17.5 Å². The second kappa shape index (κ2) is 9.38. The molecule has 2 amide bonds. The summed E-state index contributed by atoms with van der Waals surface area (Å²) in [6.07, 6.45) is 0.699. The van der Waals surface area contributed by atoms with Crippen molar-refractivity contribution in [2.24, 2.45) is 0 Å². The first-order chi connectivity index (χ1) is 14.7. The number of carbonyl (C=O) groups is 2. The topological polar surface area (TPSA) is 88.3 Å². The summed E-state index contributed by atoms with van der Waals surface area (Å²) in [5.41, 5.74) is 0.306. The van der Waals surface area contributed by atoms with E-state index in [1.165, 1.54) is 22.4 Å². The van der Waals surface area contributed by atoms with Gasteiger partial charge in [0.15, 0.2) is 11.7 Å².